The maximum absolute atomic E-state index is 12.5. The van der Waals surface area contributed by atoms with E-state index in [1.54, 1.807) is 13.2 Å². The average molecular weight is 316 g/mol. The number of rotatable bonds is 4. The number of carboxylic acid groups (broad SMARTS) is 1. The number of methoxy groups -OCH3 is 1. The lowest BCUT2D eigenvalue weighted by Gasteiger charge is -2.29. The fourth-order valence-corrected chi connectivity index (χ4v) is 3.27. The van der Waals surface area contributed by atoms with Crippen LogP contribution in [0.5, 0.6) is 5.75 Å². The van der Waals surface area contributed by atoms with Crippen molar-refractivity contribution in [3.8, 4) is 5.75 Å². The first kappa shape index (κ1) is 15.4. The van der Waals surface area contributed by atoms with Crippen molar-refractivity contribution in [3.05, 3.63) is 30.0 Å². The zero-order valence-electron chi connectivity index (χ0n) is 13.0. The van der Waals surface area contributed by atoms with Gasteiger partial charge in [-0.1, -0.05) is 18.9 Å². The first-order chi connectivity index (χ1) is 11.1. The van der Waals surface area contributed by atoms with Gasteiger partial charge in [0.25, 0.3) is 5.91 Å². The Hall–Kier alpha value is -2.50. The van der Waals surface area contributed by atoms with Crippen LogP contribution in [0.25, 0.3) is 10.9 Å². The second kappa shape index (κ2) is 6.32. The molecule has 0 saturated heterocycles. The van der Waals surface area contributed by atoms with Gasteiger partial charge in [-0.3, -0.25) is 9.59 Å². The lowest BCUT2D eigenvalue weighted by atomic mass is 9.84. The van der Waals surface area contributed by atoms with Crippen LogP contribution in [0, 0.1) is 5.92 Å². The highest BCUT2D eigenvalue weighted by Crippen LogP contribution is 2.27. The number of hydrogen-bond acceptors (Lipinski definition) is 3. The quantitative estimate of drug-likeness (QED) is 0.808. The summed E-state index contributed by atoms with van der Waals surface area (Å²) >= 11 is 0. The second-order valence-electron chi connectivity index (χ2n) is 5.91. The maximum Gasteiger partial charge on any atom is 0.308 e. The van der Waals surface area contributed by atoms with E-state index in [2.05, 4.69) is 10.3 Å². The number of nitrogens with one attached hydrogen (secondary N) is 2. The van der Waals surface area contributed by atoms with E-state index in [4.69, 9.17) is 4.74 Å². The number of ether oxygens (including phenoxy) is 1. The topological polar surface area (TPSA) is 91.4 Å². The molecule has 1 saturated carbocycles. The summed E-state index contributed by atoms with van der Waals surface area (Å²) in [4.78, 5) is 26.9. The van der Waals surface area contributed by atoms with Gasteiger partial charge in [0.2, 0.25) is 0 Å². The molecule has 0 bridgehead atoms. The number of H-pyrrole nitrogens is 1. The summed E-state index contributed by atoms with van der Waals surface area (Å²) in [7, 11) is 1.58. The van der Waals surface area contributed by atoms with Crippen molar-refractivity contribution < 1.29 is 19.4 Å². The predicted octanol–water partition coefficient (Wildman–Crippen LogP) is 2.55. The van der Waals surface area contributed by atoms with Gasteiger partial charge in [0.05, 0.1) is 13.0 Å². The average Bonchev–Trinajstić information content (AvgIpc) is 2.99. The Kier molecular flexibility index (Phi) is 4.23. The maximum atomic E-state index is 12.5. The van der Waals surface area contributed by atoms with Crippen LogP contribution in [0.3, 0.4) is 0 Å². The molecule has 2 atom stereocenters. The molecule has 0 aliphatic heterocycles. The van der Waals surface area contributed by atoms with E-state index < -0.39 is 11.9 Å². The summed E-state index contributed by atoms with van der Waals surface area (Å²) in [6, 6.07) is 6.97. The summed E-state index contributed by atoms with van der Waals surface area (Å²) in [6.45, 7) is 0. The van der Waals surface area contributed by atoms with Crippen molar-refractivity contribution in [2.75, 3.05) is 7.11 Å². The van der Waals surface area contributed by atoms with Gasteiger partial charge in [0, 0.05) is 16.9 Å². The molecule has 3 N–H and O–H groups in total. The smallest absolute Gasteiger partial charge is 0.308 e. The van der Waals surface area contributed by atoms with Gasteiger partial charge >= 0.3 is 5.97 Å². The van der Waals surface area contributed by atoms with Gasteiger partial charge in [-0.05, 0) is 31.0 Å². The third-order valence-corrected chi connectivity index (χ3v) is 4.49. The number of fused-ring (bicyclic) bond motifs is 1. The monoisotopic (exact) mass is 316 g/mol. The molecule has 23 heavy (non-hydrogen) atoms. The van der Waals surface area contributed by atoms with Crippen molar-refractivity contribution in [2.24, 2.45) is 5.92 Å². The molecule has 1 aliphatic carbocycles. The number of aliphatic carboxylic acids is 1. The van der Waals surface area contributed by atoms with Crippen LogP contribution in [0.4, 0.5) is 0 Å². The zero-order valence-corrected chi connectivity index (χ0v) is 13.0. The number of aromatic amines is 1. The molecule has 1 fully saturated rings. The molecule has 1 aromatic heterocycles. The third kappa shape index (κ3) is 3.02. The molecule has 6 nitrogen and oxygen atoms in total. The van der Waals surface area contributed by atoms with Crippen molar-refractivity contribution in [1.29, 1.82) is 0 Å². The van der Waals surface area contributed by atoms with E-state index >= 15 is 0 Å². The van der Waals surface area contributed by atoms with Crippen molar-refractivity contribution >= 4 is 22.8 Å². The van der Waals surface area contributed by atoms with Gasteiger partial charge < -0.3 is 20.1 Å². The molecular formula is C17H20N2O4. The Labute approximate surface area is 133 Å². The van der Waals surface area contributed by atoms with Crippen LogP contribution < -0.4 is 10.1 Å². The Bertz CT molecular complexity index is 737. The van der Waals surface area contributed by atoms with Gasteiger partial charge in [-0.25, -0.2) is 0 Å². The summed E-state index contributed by atoms with van der Waals surface area (Å²) in [6.07, 6.45) is 3.15. The minimum absolute atomic E-state index is 0.276. The number of hydrogen-bond donors (Lipinski definition) is 3. The van der Waals surface area contributed by atoms with E-state index in [1.807, 2.05) is 18.2 Å². The molecule has 6 heteroatoms. The number of carbonyl (C=O) groups is 2. The lowest BCUT2D eigenvalue weighted by Crippen LogP contribution is -2.45. The van der Waals surface area contributed by atoms with Gasteiger partial charge in [0.15, 0.2) is 0 Å². The van der Waals surface area contributed by atoms with Gasteiger partial charge in [0.1, 0.15) is 11.4 Å². The van der Waals surface area contributed by atoms with Gasteiger partial charge in [-0.15, -0.1) is 0 Å². The second-order valence-corrected chi connectivity index (χ2v) is 5.91. The molecular weight excluding hydrogens is 296 g/mol. The highest BCUT2D eigenvalue weighted by molar-refractivity contribution is 6.00. The first-order valence-corrected chi connectivity index (χ1v) is 7.79. The molecule has 2 aromatic rings. The normalized spacial score (nSPS) is 21.1. The number of benzene rings is 1. The number of aromatic nitrogens is 1. The SMILES string of the molecule is COc1cccc2[nH]c(C(=O)N[C@H]3CCCC[C@H]3C(=O)O)cc12. The Morgan fingerprint density at radius 1 is 1.30 bits per heavy atom. The number of carboxylic acids is 1. The van der Waals surface area contributed by atoms with Crippen LogP contribution in [-0.2, 0) is 4.79 Å². The van der Waals surface area contributed by atoms with Crippen molar-refractivity contribution in [1.82, 2.24) is 10.3 Å². The van der Waals surface area contributed by atoms with Crippen LogP contribution in [0.2, 0.25) is 0 Å². The molecule has 1 aromatic carbocycles. The molecule has 1 aliphatic rings. The van der Waals surface area contributed by atoms with Crippen LogP contribution in [0.1, 0.15) is 36.2 Å². The van der Waals surface area contributed by atoms with E-state index in [1.165, 1.54) is 0 Å². The van der Waals surface area contributed by atoms with Crippen LogP contribution >= 0.6 is 0 Å². The molecule has 122 valence electrons. The number of amides is 1. The largest absolute Gasteiger partial charge is 0.496 e. The number of carbonyl (C=O) groups excluding carboxylic acids is 1. The Morgan fingerprint density at radius 3 is 2.83 bits per heavy atom. The highest BCUT2D eigenvalue weighted by atomic mass is 16.5. The standard InChI is InChI=1S/C17H20N2O4/c1-23-15-8-4-7-13-11(15)9-14(18-13)16(20)19-12-6-3-2-5-10(12)17(21)22/h4,7-10,12,18H,2-3,5-6H2,1H3,(H,19,20)(H,21,22)/t10-,12+/m1/s1. The fourth-order valence-electron chi connectivity index (χ4n) is 3.27. The van der Waals surface area contributed by atoms with E-state index in [0.717, 1.165) is 23.7 Å². The summed E-state index contributed by atoms with van der Waals surface area (Å²) in [5, 5.41) is 13.0. The lowest BCUT2D eigenvalue weighted by molar-refractivity contribution is -0.143. The molecule has 0 radical (unpaired) electrons. The summed E-state index contributed by atoms with van der Waals surface area (Å²) in [5.41, 5.74) is 1.23. The van der Waals surface area contributed by atoms with Crippen LogP contribution in [-0.4, -0.2) is 35.1 Å². The molecule has 1 amide bonds. The zero-order chi connectivity index (χ0) is 16.4. The molecule has 0 spiro atoms. The highest BCUT2D eigenvalue weighted by Gasteiger charge is 2.32. The van der Waals surface area contributed by atoms with Crippen molar-refractivity contribution in [2.45, 2.75) is 31.7 Å². The minimum atomic E-state index is -0.840. The molecule has 0 unspecified atom stereocenters. The fraction of sp³-hybridized carbons (Fsp3) is 0.412. The summed E-state index contributed by atoms with van der Waals surface area (Å²) < 4.78 is 5.29. The Balaban J connectivity index is 1.81. The van der Waals surface area contributed by atoms with Gasteiger partial charge in [-0.2, -0.15) is 0 Å². The molecule has 3 rings (SSSR count). The van der Waals surface area contributed by atoms with Crippen LogP contribution in [0.15, 0.2) is 24.3 Å². The van der Waals surface area contributed by atoms with E-state index in [0.29, 0.717) is 24.3 Å². The minimum Gasteiger partial charge on any atom is -0.496 e. The third-order valence-electron chi connectivity index (χ3n) is 4.49. The first-order valence-electron chi connectivity index (χ1n) is 7.79. The molecule has 1 heterocycles. The predicted molar refractivity (Wildman–Crippen MR) is 85.7 cm³/mol. The van der Waals surface area contributed by atoms with E-state index in [9.17, 15) is 14.7 Å². The summed E-state index contributed by atoms with van der Waals surface area (Å²) in [5.74, 6) is -0.930. The van der Waals surface area contributed by atoms with E-state index in [-0.39, 0.29) is 11.9 Å². The van der Waals surface area contributed by atoms with Crippen molar-refractivity contribution in [3.63, 3.8) is 0 Å². The Morgan fingerprint density at radius 2 is 2.09 bits per heavy atom.